The summed E-state index contributed by atoms with van der Waals surface area (Å²) in [5.74, 6) is 2.13. The first kappa shape index (κ1) is 23.2. The first-order valence-electron chi connectivity index (χ1n) is 11.8. The monoisotopic (exact) mass is 449 g/mol. The van der Waals surface area contributed by atoms with Gasteiger partial charge in [0.1, 0.15) is 11.5 Å². The highest BCUT2D eigenvalue weighted by Gasteiger charge is 2.22. The average Bonchev–Trinajstić information content (AvgIpc) is 3.16. The summed E-state index contributed by atoms with van der Waals surface area (Å²) in [4.78, 5) is 15.1. The smallest absolute Gasteiger partial charge is 0.220 e. The SMILES string of the molecule is COc1ccc(CNC(=O)CC[C@H]2CCCN(Cc3cn(C)c4ccccc34)C2)c(OC)c1. The highest BCUT2D eigenvalue weighted by Crippen LogP contribution is 2.27. The number of rotatable bonds is 9. The van der Waals surface area contributed by atoms with E-state index in [1.54, 1.807) is 14.2 Å². The number of para-hydroxylation sites is 1. The van der Waals surface area contributed by atoms with E-state index >= 15 is 0 Å². The van der Waals surface area contributed by atoms with Gasteiger partial charge >= 0.3 is 0 Å². The molecule has 1 aliphatic rings. The number of carbonyl (C=O) groups is 1. The number of aryl methyl sites for hydroxylation is 1. The molecule has 0 radical (unpaired) electrons. The van der Waals surface area contributed by atoms with Crippen molar-refractivity contribution in [3.8, 4) is 11.5 Å². The van der Waals surface area contributed by atoms with Crippen molar-refractivity contribution >= 4 is 16.8 Å². The number of amides is 1. The Morgan fingerprint density at radius 2 is 1.97 bits per heavy atom. The van der Waals surface area contributed by atoms with Crippen LogP contribution in [0.3, 0.4) is 0 Å². The second kappa shape index (κ2) is 10.8. The van der Waals surface area contributed by atoms with Gasteiger partial charge in [0.2, 0.25) is 5.91 Å². The van der Waals surface area contributed by atoms with Gasteiger partial charge in [-0.2, -0.15) is 0 Å². The molecule has 33 heavy (non-hydrogen) atoms. The lowest BCUT2D eigenvalue weighted by Gasteiger charge is -2.32. The third-order valence-electron chi connectivity index (χ3n) is 6.73. The van der Waals surface area contributed by atoms with Gasteiger partial charge in [-0.3, -0.25) is 9.69 Å². The van der Waals surface area contributed by atoms with Crippen LogP contribution in [0.2, 0.25) is 0 Å². The van der Waals surface area contributed by atoms with Gasteiger partial charge in [0.15, 0.2) is 0 Å². The molecular formula is C27H35N3O3. The number of piperidine rings is 1. The summed E-state index contributed by atoms with van der Waals surface area (Å²) < 4.78 is 12.9. The molecule has 0 bridgehead atoms. The number of methoxy groups -OCH3 is 2. The van der Waals surface area contributed by atoms with Gasteiger partial charge in [-0.1, -0.05) is 18.2 Å². The number of fused-ring (bicyclic) bond motifs is 1. The number of nitrogens with one attached hydrogen (secondary N) is 1. The van der Waals surface area contributed by atoms with Crippen LogP contribution < -0.4 is 14.8 Å². The zero-order valence-corrected chi connectivity index (χ0v) is 20.0. The Morgan fingerprint density at radius 1 is 1.12 bits per heavy atom. The molecule has 0 aliphatic carbocycles. The molecule has 2 heterocycles. The van der Waals surface area contributed by atoms with Crippen molar-refractivity contribution in [1.29, 1.82) is 0 Å². The number of ether oxygens (including phenoxy) is 2. The van der Waals surface area contributed by atoms with E-state index in [1.807, 2.05) is 18.2 Å². The van der Waals surface area contributed by atoms with Crippen LogP contribution in [0.1, 0.15) is 36.8 Å². The first-order chi connectivity index (χ1) is 16.1. The van der Waals surface area contributed by atoms with Crippen molar-refractivity contribution < 1.29 is 14.3 Å². The number of hydrogen-bond donors (Lipinski definition) is 1. The summed E-state index contributed by atoms with van der Waals surface area (Å²) in [5.41, 5.74) is 3.62. The van der Waals surface area contributed by atoms with Crippen LogP contribution in [0.25, 0.3) is 10.9 Å². The first-order valence-corrected chi connectivity index (χ1v) is 11.8. The number of nitrogens with zero attached hydrogens (tertiary/aromatic N) is 2. The Bertz CT molecular complexity index is 1090. The summed E-state index contributed by atoms with van der Waals surface area (Å²) in [6.45, 7) is 3.62. The molecule has 1 amide bonds. The molecule has 1 saturated heterocycles. The van der Waals surface area contributed by atoms with E-state index in [0.717, 1.165) is 43.1 Å². The van der Waals surface area contributed by atoms with Crippen molar-refractivity contribution in [2.24, 2.45) is 13.0 Å². The zero-order valence-electron chi connectivity index (χ0n) is 20.0. The maximum Gasteiger partial charge on any atom is 0.220 e. The Balaban J connectivity index is 1.26. The molecule has 0 saturated carbocycles. The molecular weight excluding hydrogens is 414 g/mol. The second-order valence-electron chi connectivity index (χ2n) is 9.02. The van der Waals surface area contributed by atoms with Gasteiger partial charge < -0.3 is 19.4 Å². The van der Waals surface area contributed by atoms with Crippen LogP contribution in [0, 0.1) is 5.92 Å². The molecule has 6 heteroatoms. The maximum atomic E-state index is 12.5. The topological polar surface area (TPSA) is 55.7 Å². The Morgan fingerprint density at radius 3 is 2.79 bits per heavy atom. The molecule has 2 aromatic carbocycles. The largest absolute Gasteiger partial charge is 0.497 e. The number of benzene rings is 2. The van der Waals surface area contributed by atoms with Crippen LogP contribution in [0.15, 0.2) is 48.7 Å². The highest BCUT2D eigenvalue weighted by atomic mass is 16.5. The summed E-state index contributed by atoms with van der Waals surface area (Å²) in [6, 6.07) is 14.3. The fraction of sp³-hybridized carbons (Fsp3) is 0.444. The quantitative estimate of drug-likeness (QED) is 0.522. The van der Waals surface area contributed by atoms with E-state index in [-0.39, 0.29) is 5.91 Å². The summed E-state index contributed by atoms with van der Waals surface area (Å²) >= 11 is 0. The molecule has 1 aliphatic heterocycles. The Kier molecular flexibility index (Phi) is 7.55. The number of likely N-dealkylation sites (tertiary alicyclic amines) is 1. The predicted octanol–water partition coefficient (Wildman–Crippen LogP) is 4.50. The van der Waals surface area contributed by atoms with E-state index < -0.39 is 0 Å². The lowest BCUT2D eigenvalue weighted by Crippen LogP contribution is -2.35. The van der Waals surface area contributed by atoms with Crippen molar-refractivity contribution in [3.63, 3.8) is 0 Å². The van der Waals surface area contributed by atoms with Crippen molar-refractivity contribution in [2.75, 3.05) is 27.3 Å². The number of aromatic nitrogens is 1. The van der Waals surface area contributed by atoms with E-state index in [4.69, 9.17) is 9.47 Å². The molecule has 1 aromatic heterocycles. The third-order valence-corrected chi connectivity index (χ3v) is 6.73. The Labute approximate surface area is 196 Å². The minimum Gasteiger partial charge on any atom is -0.497 e. The van der Waals surface area contributed by atoms with E-state index in [9.17, 15) is 4.79 Å². The van der Waals surface area contributed by atoms with Crippen molar-refractivity contribution in [2.45, 2.75) is 38.8 Å². The van der Waals surface area contributed by atoms with E-state index in [1.165, 1.54) is 29.3 Å². The van der Waals surface area contributed by atoms with Crippen LogP contribution in [0.5, 0.6) is 11.5 Å². The molecule has 6 nitrogen and oxygen atoms in total. The maximum absolute atomic E-state index is 12.5. The molecule has 3 aromatic rings. The molecule has 1 N–H and O–H groups in total. The van der Waals surface area contributed by atoms with Gasteiger partial charge in [-0.05, 0) is 55.5 Å². The predicted molar refractivity (Wildman–Crippen MR) is 132 cm³/mol. The second-order valence-corrected chi connectivity index (χ2v) is 9.02. The summed E-state index contributed by atoms with van der Waals surface area (Å²) in [6.07, 6.45) is 6.14. The van der Waals surface area contributed by atoms with E-state index in [0.29, 0.717) is 18.9 Å². The van der Waals surface area contributed by atoms with Crippen molar-refractivity contribution in [1.82, 2.24) is 14.8 Å². The lowest BCUT2D eigenvalue weighted by molar-refractivity contribution is -0.121. The van der Waals surface area contributed by atoms with Crippen LogP contribution >= 0.6 is 0 Å². The minimum atomic E-state index is 0.0963. The van der Waals surface area contributed by atoms with Gasteiger partial charge in [-0.15, -0.1) is 0 Å². The summed E-state index contributed by atoms with van der Waals surface area (Å²) in [5, 5.41) is 4.39. The molecule has 0 unspecified atom stereocenters. The fourth-order valence-electron chi connectivity index (χ4n) is 4.94. The minimum absolute atomic E-state index is 0.0963. The van der Waals surface area contributed by atoms with Gasteiger partial charge in [0.25, 0.3) is 0 Å². The van der Waals surface area contributed by atoms with Gasteiger partial charge in [-0.25, -0.2) is 0 Å². The molecule has 1 fully saturated rings. The summed E-state index contributed by atoms with van der Waals surface area (Å²) in [7, 11) is 5.38. The van der Waals surface area contributed by atoms with E-state index in [2.05, 4.69) is 52.3 Å². The lowest BCUT2D eigenvalue weighted by atomic mass is 9.93. The molecule has 4 rings (SSSR count). The highest BCUT2D eigenvalue weighted by molar-refractivity contribution is 5.83. The molecule has 1 atom stereocenters. The fourth-order valence-corrected chi connectivity index (χ4v) is 4.94. The third kappa shape index (κ3) is 5.69. The van der Waals surface area contributed by atoms with Crippen LogP contribution in [0.4, 0.5) is 0 Å². The van der Waals surface area contributed by atoms with Crippen LogP contribution in [-0.2, 0) is 24.9 Å². The standard InChI is InChI=1S/C27H35N3O3/c1-29-18-22(24-8-4-5-9-25(24)29)19-30-14-6-7-20(17-30)10-13-27(31)28-16-21-11-12-23(32-2)15-26(21)33-3/h4-5,8-9,11-12,15,18,20H,6-7,10,13-14,16-17,19H2,1-3H3,(H,28,31)/t20-/m1/s1. The zero-order chi connectivity index (χ0) is 23.2. The van der Waals surface area contributed by atoms with Crippen molar-refractivity contribution in [3.05, 3.63) is 59.8 Å². The molecule has 176 valence electrons. The van der Waals surface area contributed by atoms with Gasteiger partial charge in [0, 0.05) is 61.8 Å². The normalized spacial score (nSPS) is 16.6. The number of carbonyl (C=O) groups excluding carboxylic acids is 1. The number of hydrogen-bond acceptors (Lipinski definition) is 4. The van der Waals surface area contributed by atoms with Gasteiger partial charge in [0.05, 0.1) is 14.2 Å². The molecule has 0 spiro atoms. The average molecular weight is 450 g/mol. The van der Waals surface area contributed by atoms with Crippen LogP contribution in [-0.4, -0.2) is 42.7 Å². The Hall–Kier alpha value is -2.99.